The van der Waals surface area contributed by atoms with Crippen LogP contribution in [-0.4, -0.2) is 16.3 Å². The zero-order chi connectivity index (χ0) is 24.6. The number of hydrogen-bond donors (Lipinski definition) is 0. The molecule has 0 N–H and O–H groups in total. The molecule has 0 fully saturated rings. The third-order valence-electron chi connectivity index (χ3n) is 4.70. The number of aldehydes is 1. The Bertz CT molecular complexity index is 1190. The molecule has 34 heavy (non-hydrogen) atoms. The quantitative estimate of drug-likeness (QED) is 0.211. The van der Waals surface area contributed by atoms with E-state index in [0.717, 1.165) is 40.0 Å². The lowest BCUT2D eigenvalue weighted by molar-refractivity contribution is -0.104. The van der Waals surface area contributed by atoms with Crippen LogP contribution in [0.5, 0.6) is 0 Å². The van der Waals surface area contributed by atoms with Gasteiger partial charge in [-0.1, -0.05) is 95.7 Å². The highest BCUT2D eigenvalue weighted by Gasteiger charge is 1.99. The van der Waals surface area contributed by atoms with Crippen molar-refractivity contribution in [3.8, 4) is 11.4 Å². The third-order valence-corrected chi connectivity index (χ3v) is 4.70. The van der Waals surface area contributed by atoms with Crippen LogP contribution in [-0.2, 0) is 4.79 Å². The molecule has 0 aliphatic rings. The van der Waals surface area contributed by atoms with Crippen molar-refractivity contribution in [1.29, 1.82) is 0 Å². The van der Waals surface area contributed by atoms with Crippen LogP contribution in [0.25, 0.3) is 17.5 Å². The first-order chi connectivity index (χ1) is 16.5. The van der Waals surface area contributed by atoms with Gasteiger partial charge in [0.2, 0.25) is 0 Å². The van der Waals surface area contributed by atoms with Gasteiger partial charge in [-0.25, -0.2) is 0 Å². The minimum atomic E-state index is 0.705. The number of hydrogen-bond acceptors (Lipinski definition) is 3. The molecule has 0 unspecified atom stereocenters. The topological polar surface area (TPSA) is 42.9 Å². The minimum absolute atomic E-state index is 0.705. The number of allylic oxidation sites excluding steroid dienone is 15. The first kappa shape index (κ1) is 26.1. The summed E-state index contributed by atoms with van der Waals surface area (Å²) in [5, 5.41) is 0. The Morgan fingerprint density at radius 1 is 0.647 bits per heavy atom. The second kappa shape index (κ2) is 14.9. The fourth-order valence-electron chi connectivity index (χ4n) is 2.76. The summed E-state index contributed by atoms with van der Waals surface area (Å²) < 4.78 is 0. The molecule has 0 saturated carbocycles. The molecule has 0 bridgehead atoms. The molecule has 2 aromatic heterocycles. The van der Waals surface area contributed by atoms with E-state index in [-0.39, 0.29) is 0 Å². The van der Waals surface area contributed by atoms with E-state index in [1.165, 1.54) is 0 Å². The van der Waals surface area contributed by atoms with Gasteiger partial charge in [-0.2, -0.15) is 0 Å². The molecule has 0 spiro atoms. The summed E-state index contributed by atoms with van der Waals surface area (Å²) in [5.74, 6) is 0. The first-order valence-corrected chi connectivity index (χ1v) is 11.2. The maximum Gasteiger partial charge on any atom is 0.145 e. The third kappa shape index (κ3) is 10.5. The summed E-state index contributed by atoms with van der Waals surface area (Å²) in [6.45, 7) is 7.95. The van der Waals surface area contributed by atoms with Gasteiger partial charge in [0.15, 0.2) is 0 Å². The summed E-state index contributed by atoms with van der Waals surface area (Å²) in [6, 6.07) is 9.85. The molecular weight excluding hydrogens is 416 g/mol. The van der Waals surface area contributed by atoms with E-state index in [1.54, 1.807) is 19.2 Å². The number of carbonyl (C=O) groups is 1. The zero-order valence-electron chi connectivity index (χ0n) is 20.3. The van der Waals surface area contributed by atoms with E-state index in [4.69, 9.17) is 0 Å². The number of carbonyl (C=O) groups excluding carboxylic acids is 1. The van der Waals surface area contributed by atoms with Crippen molar-refractivity contribution in [1.82, 2.24) is 9.97 Å². The van der Waals surface area contributed by atoms with Crippen molar-refractivity contribution in [2.75, 3.05) is 0 Å². The standard InChI is InChI=1S/C31H32N2O/c1-25(11-5-6-12-26(2)14-10-16-28(4)24-34)13-9-15-27(3)18-19-29-20-22-33-31(23-29)30-17-7-8-21-32-30/h5-24H,1-4H3/b6-5+,13-9+,14-10+,19-18+,25-11+,26-12+,27-15+,28-16+. The van der Waals surface area contributed by atoms with Crippen LogP contribution >= 0.6 is 0 Å². The van der Waals surface area contributed by atoms with E-state index in [1.807, 2.05) is 73.8 Å². The highest BCUT2D eigenvalue weighted by Crippen LogP contribution is 2.16. The van der Waals surface area contributed by atoms with E-state index < -0.39 is 0 Å². The molecule has 0 aliphatic heterocycles. The average Bonchev–Trinajstić information content (AvgIpc) is 2.86. The molecule has 2 heterocycles. The van der Waals surface area contributed by atoms with Crippen LogP contribution in [0.3, 0.4) is 0 Å². The normalized spacial score (nSPS) is 14.2. The lowest BCUT2D eigenvalue weighted by Gasteiger charge is -2.00. The van der Waals surface area contributed by atoms with E-state index in [9.17, 15) is 4.79 Å². The summed E-state index contributed by atoms with van der Waals surface area (Å²) in [6.07, 6.45) is 28.6. The van der Waals surface area contributed by atoms with Gasteiger partial charge in [-0.3, -0.25) is 14.8 Å². The van der Waals surface area contributed by atoms with Gasteiger partial charge in [0, 0.05) is 12.4 Å². The lowest BCUT2D eigenvalue weighted by atomic mass is 10.1. The Hall–Kier alpha value is -4.11. The smallest absolute Gasteiger partial charge is 0.145 e. The maximum atomic E-state index is 10.6. The number of nitrogens with zero attached hydrogens (tertiary/aromatic N) is 2. The Kier molecular flexibility index (Phi) is 11.4. The average molecular weight is 449 g/mol. The molecule has 3 nitrogen and oxygen atoms in total. The lowest BCUT2D eigenvalue weighted by Crippen LogP contribution is -1.86. The molecule has 172 valence electrons. The molecule has 0 radical (unpaired) electrons. The van der Waals surface area contributed by atoms with Crippen LogP contribution in [0.1, 0.15) is 33.3 Å². The number of rotatable bonds is 10. The molecule has 2 aromatic rings. The van der Waals surface area contributed by atoms with Crippen molar-refractivity contribution in [2.45, 2.75) is 27.7 Å². The van der Waals surface area contributed by atoms with Crippen LogP contribution in [0.2, 0.25) is 0 Å². The molecule has 0 aromatic carbocycles. The maximum absolute atomic E-state index is 10.6. The van der Waals surface area contributed by atoms with Gasteiger partial charge in [0.25, 0.3) is 0 Å². The van der Waals surface area contributed by atoms with Crippen molar-refractivity contribution in [3.05, 3.63) is 137 Å². The predicted octanol–water partition coefficient (Wildman–Crippen LogP) is 7.81. The van der Waals surface area contributed by atoms with Gasteiger partial charge in [0.05, 0.1) is 11.4 Å². The van der Waals surface area contributed by atoms with Crippen molar-refractivity contribution >= 4 is 12.4 Å². The molecule has 0 atom stereocenters. The Balaban J connectivity index is 1.91. The summed E-state index contributed by atoms with van der Waals surface area (Å²) in [5.41, 5.74) is 6.94. The second-order valence-electron chi connectivity index (χ2n) is 7.89. The van der Waals surface area contributed by atoms with Gasteiger partial charge in [-0.15, -0.1) is 0 Å². The van der Waals surface area contributed by atoms with Crippen molar-refractivity contribution in [2.24, 2.45) is 0 Å². The minimum Gasteiger partial charge on any atom is -0.298 e. The van der Waals surface area contributed by atoms with Gasteiger partial charge in [-0.05, 0) is 63.1 Å². The van der Waals surface area contributed by atoms with E-state index in [2.05, 4.69) is 60.3 Å². The highest BCUT2D eigenvalue weighted by molar-refractivity contribution is 5.72. The predicted molar refractivity (Wildman–Crippen MR) is 145 cm³/mol. The molecule has 3 heteroatoms. The monoisotopic (exact) mass is 448 g/mol. The fourth-order valence-corrected chi connectivity index (χ4v) is 2.76. The number of pyridine rings is 2. The van der Waals surface area contributed by atoms with Crippen LogP contribution < -0.4 is 0 Å². The van der Waals surface area contributed by atoms with E-state index in [0.29, 0.717) is 5.57 Å². The Morgan fingerprint density at radius 3 is 1.85 bits per heavy atom. The number of aromatic nitrogens is 2. The van der Waals surface area contributed by atoms with Gasteiger partial charge < -0.3 is 0 Å². The first-order valence-electron chi connectivity index (χ1n) is 11.2. The Morgan fingerprint density at radius 2 is 1.24 bits per heavy atom. The highest BCUT2D eigenvalue weighted by atomic mass is 16.1. The largest absolute Gasteiger partial charge is 0.298 e. The Labute approximate surface area is 203 Å². The van der Waals surface area contributed by atoms with Crippen LogP contribution in [0.4, 0.5) is 0 Å². The van der Waals surface area contributed by atoms with Gasteiger partial charge in [0.1, 0.15) is 6.29 Å². The fraction of sp³-hybridized carbons (Fsp3) is 0.129. The summed E-state index contributed by atoms with van der Waals surface area (Å²) >= 11 is 0. The SMILES string of the molecule is C\C(C=O)=C/C=C/C(C)=C/C=C/C=C(C)/C=C/C=C(C)/C=C/c1ccnc(-c2ccccn2)c1. The molecule has 2 rings (SSSR count). The molecule has 0 amide bonds. The molecule has 0 aliphatic carbocycles. The second-order valence-corrected chi connectivity index (χ2v) is 7.89. The van der Waals surface area contributed by atoms with E-state index >= 15 is 0 Å². The zero-order valence-corrected chi connectivity index (χ0v) is 20.3. The van der Waals surface area contributed by atoms with Crippen molar-refractivity contribution in [3.63, 3.8) is 0 Å². The summed E-state index contributed by atoms with van der Waals surface area (Å²) in [7, 11) is 0. The van der Waals surface area contributed by atoms with Crippen LogP contribution in [0.15, 0.2) is 132 Å². The van der Waals surface area contributed by atoms with Gasteiger partial charge >= 0.3 is 0 Å². The summed E-state index contributed by atoms with van der Waals surface area (Å²) in [4.78, 5) is 19.3. The molecule has 0 saturated heterocycles. The van der Waals surface area contributed by atoms with Crippen molar-refractivity contribution < 1.29 is 4.79 Å². The molecular formula is C31H32N2O. The van der Waals surface area contributed by atoms with Crippen LogP contribution in [0, 0.1) is 0 Å².